The van der Waals surface area contributed by atoms with Crippen LogP contribution in [0.4, 0.5) is 4.79 Å². The molecule has 0 spiro atoms. The number of rotatable bonds is 9. The maximum atomic E-state index is 12.3. The molecule has 0 bridgehead atoms. The fourth-order valence-electron chi connectivity index (χ4n) is 2.01. The summed E-state index contributed by atoms with van der Waals surface area (Å²) < 4.78 is 26.1. The molecule has 0 saturated heterocycles. The van der Waals surface area contributed by atoms with Gasteiger partial charge in [-0.2, -0.15) is 0 Å². The number of ether oxygens (including phenoxy) is 5. The summed E-state index contributed by atoms with van der Waals surface area (Å²) in [7, 11) is 2.95. The summed E-state index contributed by atoms with van der Waals surface area (Å²) in [5.41, 5.74) is 0.139. The Morgan fingerprint density at radius 2 is 1.81 bits per heavy atom. The van der Waals surface area contributed by atoms with Gasteiger partial charge in [-0.05, 0) is 61.1 Å². The minimum Gasteiger partial charge on any atom is -0.466 e. The van der Waals surface area contributed by atoms with Crippen LogP contribution in [0.3, 0.4) is 0 Å². The summed E-state index contributed by atoms with van der Waals surface area (Å²) in [4.78, 5) is 24.4. The lowest BCUT2D eigenvalue weighted by molar-refractivity contribution is -0.156. The van der Waals surface area contributed by atoms with Crippen LogP contribution >= 0.6 is 22.6 Å². The fraction of sp³-hybridized carbons (Fsp3) is 0.556. The van der Waals surface area contributed by atoms with Crippen molar-refractivity contribution in [3.8, 4) is 5.75 Å². The second kappa shape index (κ2) is 11.3. The number of amides is 1. The minimum atomic E-state index is -0.920. The van der Waals surface area contributed by atoms with Crippen molar-refractivity contribution in [1.29, 1.82) is 0 Å². The van der Waals surface area contributed by atoms with E-state index in [4.69, 9.17) is 23.7 Å². The van der Waals surface area contributed by atoms with Crippen molar-refractivity contribution < 1.29 is 33.3 Å². The molecule has 0 heterocycles. The van der Waals surface area contributed by atoms with Gasteiger partial charge in [0.05, 0.1) is 3.57 Å². The lowest BCUT2D eigenvalue weighted by atomic mass is 10.1. The predicted octanol–water partition coefficient (Wildman–Crippen LogP) is 2.86. The molecule has 0 aliphatic rings. The zero-order chi connectivity index (χ0) is 20.4. The van der Waals surface area contributed by atoms with E-state index >= 15 is 0 Å². The summed E-state index contributed by atoms with van der Waals surface area (Å²) in [5, 5.41) is 2.55. The van der Waals surface area contributed by atoms with Crippen molar-refractivity contribution in [1.82, 2.24) is 5.32 Å². The van der Waals surface area contributed by atoms with Gasteiger partial charge in [0, 0.05) is 20.6 Å². The summed E-state index contributed by atoms with van der Waals surface area (Å²) in [6.07, 6.45) is -0.473. The summed E-state index contributed by atoms with van der Waals surface area (Å²) in [5.74, 6) is 0.0530. The van der Waals surface area contributed by atoms with Crippen LogP contribution < -0.4 is 10.1 Å². The number of nitrogens with one attached hydrogen (secondary N) is 1. The van der Waals surface area contributed by atoms with Crippen LogP contribution in [0.2, 0.25) is 0 Å². The van der Waals surface area contributed by atoms with Crippen LogP contribution in [0, 0.1) is 3.57 Å². The van der Waals surface area contributed by atoms with E-state index in [-0.39, 0.29) is 20.0 Å². The van der Waals surface area contributed by atoms with Gasteiger partial charge >= 0.3 is 12.1 Å². The number of hydrogen-bond acceptors (Lipinski definition) is 7. The van der Waals surface area contributed by atoms with Gasteiger partial charge in [0.25, 0.3) is 0 Å². The Hall–Kier alpha value is -1.59. The smallest absolute Gasteiger partial charge is 0.408 e. The topological polar surface area (TPSA) is 92.3 Å². The normalized spacial score (nSPS) is 12.2. The first kappa shape index (κ1) is 23.4. The van der Waals surface area contributed by atoms with E-state index in [0.29, 0.717) is 5.75 Å². The van der Waals surface area contributed by atoms with Crippen LogP contribution in [-0.4, -0.2) is 51.5 Å². The summed E-state index contributed by atoms with van der Waals surface area (Å²) in [6.45, 7) is 5.16. The van der Waals surface area contributed by atoms with E-state index in [2.05, 4.69) is 27.9 Å². The molecule has 0 saturated carbocycles. The molecule has 1 N–H and O–H groups in total. The lowest BCUT2D eigenvalue weighted by Gasteiger charge is -2.23. The van der Waals surface area contributed by atoms with Gasteiger partial charge in [-0.3, -0.25) is 0 Å². The quantitative estimate of drug-likeness (QED) is 0.320. The molecular formula is C18H26INO7. The monoisotopic (exact) mass is 495 g/mol. The third-order valence-electron chi connectivity index (χ3n) is 3.06. The highest BCUT2D eigenvalue weighted by molar-refractivity contribution is 14.1. The van der Waals surface area contributed by atoms with Crippen molar-refractivity contribution in [2.24, 2.45) is 0 Å². The van der Waals surface area contributed by atoms with Crippen LogP contribution in [0.25, 0.3) is 0 Å². The Morgan fingerprint density at radius 1 is 1.15 bits per heavy atom. The number of carbonyl (C=O) groups excluding carboxylic acids is 2. The van der Waals surface area contributed by atoms with Gasteiger partial charge in [-0.15, -0.1) is 0 Å². The van der Waals surface area contributed by atoms with E-state index in [9.17, 15) is 9.59 Å². The molecule has 27 heavy (non-hydrogen) atoms. The Kier molecular flexibility index (Phi) is 9.81. The predicted molar refractivity (Wildman–Crippen MR) is 106 cm³/mol. The van der Waals surface area contributed by atoms with Crippen molar-refractivity contribution in [2.75, 3.05) is 27.8 Å². The van der Waals surface area contributed by atoms with Gasteiger partial charge in [-0.25, -0.2) is 9.59 Å². The van der Waals surface area contributed by atoms with Crippen molar-refractivity contribution in [2.45, 2.75) is 38.8 Å². The molecule has 1 rings (SSSR count). The fourth-order valence-corrected chi connectivity index (χ4v) is 2.74. The SMILES string of the molecule is COCOC(=O)[C@@H](Cc1ccc(OCOC)c(I)c1)NC(=O)OC(C)(C)C. The molecule has 0 unspecified atom stereocenters. The number of methoxy groups -OCH3 is 2. The number of alkyl carbamates (subject to hydrolysis) is 1. The number of benzene rings is 1. The largest absolute Gasteiger partial charge is 0.466 e. The first-order valence-corrected chi connectivity index (χ1v) is 9.29. The van der Waals surface area contributed by atoms with Crippen LogP contribution in [-0.2, 0) is 30.2 Å². The van der Waals surface area contributed by atoms with Crippen LogP contribution in [0.15, 0.2) is 18.2 Å². The van der Waals surface area contributed by atoms with Crippen molar-refractivity contribution >= 4 is 34.7 Å². The molecule has 1 atom stereocenters. The van der Waals surface area contributed by atoms with E-state index < -0.39 is 23.7 Å². The summed E-state index contributed by atoms with van der Waals surface area (Å²) >= 11 is 2.13. The van der Waals surface area contributed by atoms with Gasteiger partial charge in [-0.1, -0.05) is 6.07 Å². The lowest BCUT2D eigenvalue weighted by Crippen LogP contribution is -2.45. The van der Waals surface area contributed by atoms with Gasteiger partial charge < -0.3 is 29.0 Å². The second-order valence-electron chi connectivity index (χ2n) is 6.59. The maximum absolute atomic E-state index is 12.3. The average Bonchev–Trinajstić information content (AvgIpc) is 2.56. The molecule has 0 aromatic heterocycles. The second-order valence-corrected chi connectivity index (χ2v) is 7.75. The Labute approximate surface area is 173 Å². The highest BCUT2D eigenvalue weighted by Crippen LogP contribution is 2.23. The third-order valence-corrected chi connectivity index (χ3v) is 3.91. The molecule has 152 valence electrons. The van der Waals surface area contributed by atoms with Gasteiger partial charge in [0.15, 0.2) is 13.6 Å². The standard InChI is InChI=1S/C18H26INO7/c1-18(2,3)27-17(22)20-14(16(21)26-11-24-5)9-12-6-7-15(13(19)8-12)25-10-23-4/h6-8,14H,9-11H2,1-5H3,(H,20,22)/t14-/m1/s1. The van der Waals surface area contributed by atoms with Crippen LogP contribution in [0.5, 0.6) is 5.75 Å². The Bertz CT molecular complexity index is 631. The molecule has 9 heteroatoms. The van der Waals surface area contributed by atoms with E-state index in [0.717, 1.165) is 9.13 Å². The summed E-state index contributed by atoms with van der Waals surface area (Å²) in [6, 6.07) is 4.53. The molecule has 0 radical (unpaired) electrons. The molecule has 0 aliphatic heterocycles. The number of esters is 1. The van der Waals surface area contributed by atoms with Crippen molar-refractivity contribution in [3.05, 3.63) is 27.3 Å². The first-order valence-electron chi connectivity index (χ1n) is 8.21. The number of carbonyl (C=O) groups is 2. The Balaban J connectivity index is 2.88. The first-order chi connectivity index (χ1) is 12.7. The number of halogens is 1. The van der Waals surface area contributed by atoms with Gasteiger partial charge in [0.2, 0.25) is 0 Å². The molecule has 8 nitrogen and oxygen atoms in total. The highest BCUT2D eigenvalue weighted by Gasteiger charge is 2.26. The van der Waals surface area contributed by atoms with Crippen LogP contribution in [0.1, 0.15) is 26.3 Å². The molecule has 1 amide bonds. The maximum Gasteiger partial charge on any atom is 0.408 e. The third kappa shape index (κ3) is 9.25. The zero-order valence-electron chi connectivity index (χ0n) is 16.2. The molecule has 1 aromatic rings. The molecule has 0 fully saturated rings. The molecule has 0 aliphatic carbocycles. The van der Waals surface area contributed by atoms with E-state index in [1.165, 1.54) is 7.11 Å². The van der Waals surface area contributed by atoms with E-state index in [1.54, 1.807) is 40.0 Å². The number of hydrogen-bond donors (Lipinski definition) is 1. The van der Waals surface area contributed by atoms with E-state index in [1.807, 2.05) is 6.07 Å². The minimum absolute atomic E-state index is 0.140. The highest BCUT2D eigenvalue weighted by atomic mass is 127. The average molecular weight is 495 g/mol. The molecular weight excluding hydrogens is 469 g/mol. The zero-order valence-corrected chi connectivity index (χ0v) is 18.3. The van der Waals surface area contributed by atoms with Crippen molar-refractivity contribution in [3.63, 3.8) is 0 Å². The Morgan fingerprint density at radius 3 is 2.37 bits per heavy atom. The molecule has 1 aromatic carbocycles. The van der Waals surface area contributed by atoms with Gasteiger partial charge in [0.1, 0.15) is 17.4 Å².